The van der Waals surface area contributed by atoms with Crippen LogP contribution >= 0.6 is 0 Å². The lowest BCUT2D eigenvalue weighted by molar-refractivity contribution is -0.143. The summed E-state index contributed by atoms with van der Waals surface area (Å²) >= 11 is 0. The third-order valence-corrected chi connectivity index (χ3v) is 8.90. The number of nitrogens with zero attached hydrogens (tertiary/aromatic N) is 3. The molecular formula is C30H33N3O5. The Balaban J connectivity index is 1.23. The molecule has 198 valence electrons. The second-order valence-electron chi connectivity index (χ2n) is 11.3. The fourth-order valence-corrected chi connectivity index (χ4v) is 6.45. The second-order valence-corrected chi connectivity index (χ2v) is 11.3. The Morgan fingerprint density at radius 3 is 2.42 bits per heavy atom. The fraction of sp³-hybridized carbons (Fsp3) is 0.467. The summed E-state index contributed by atoms with van der Waals surface area (Å²) in [5.41, 5.74) is 1.28. The SMILES string of the molecule is CC(=O)N1CC(C2C[C@@]3(OC(=O)N(CC(=O)N(Cc4ccccc4)C(C)C4CC4)C3=O)c3ccccc32)C1. The van der Waals surface area contributed by atoms with Gasteiger partial charge in [-0.1, -0.05) is 54.6 Å². The average molecular weight is 516 g/mol. The lowest BCUT2D eigenvalue weighted by Crippen LogP contribution is -2.51. The molecule has 8 heteroatoms. The van der Waals surface area contributed by atoms with Gasteiger partial charge in [0.25, 0.3) is 5.91 Å². The number of hydrogen-bond acceptors (Lipinski definition) is 5. The van der Waals surface area contributed by atoms with Crippen molar-refractivity contribution >= 4 is 23.8 Å². The van der Waals surface area contributed by atoms with Gasteiger partial charge in [-0.25, -0.2) is 9.69 Å². The van der Waals surface area contributed by atoms with Crippen molar-refractivity contribution in [3.63, 3.8) is 0 Å². The summed E-state index contributed by atoms with van der Waals surface area (Å²) in [4.78, 5) is 57.0. The highest BCUT2D eigenvalue weighted by Crippen LogP contribution is 2.54. The van der Waals surface area contributed by atoms with Crippen LogP contribution in [0.2, 0.25) is 0 Å². The number of carbonyl (C=O) groups is 4. The monoisotopic (exact) mass is 515 g/mol. The van der Waals surface area contributed by atoms with Crippen LogP contribution in [0.4, 0.5) is 4.79 Å². The Morgan fingerprint density at radius 1 is 1.05 bits per heavy atom. The molecule has 1 spiro atoms. The van der Waals surface area contributed by atoms with E-state index in [1.807, 2.05) is 61.5 Å². The molecule has 2 aliphatic carbocycles. The van der Waals surface area contributed by atoms with Gasteiger partial charge in [-0.3, -0.25) is 14.4 Å². The minimum Gasteiger partial charge on any atom is -0.427 e. The normalized spacial score (nSPS) is 25.3. The first-order valence-corrected chi connectivity index (χ1v) is 13.5. The van der Waals surface area contributed by atoms with E-state index >= 15 is 0 Å². The van der Waals surface area contributed by atoms with Gasteiger partial charge in [0.1, 0.15) is 6.54 Å². The first-order valence-electron chi connectivity index (χ1n) is 13.5. The van der Waals surface area contributed by atoms with E-state index in [0.29, 0.717) is 37.5 Å². The van der Waals surface area contributed by atoms with E-state index in [0.717, 1.165) is 28.9 Å². The molecule has 6 rings (SSSR count). The van der Waals surface area contributed by atoms with Crippen LogP contribution < -0.4 is 0 Å². The first kappa shape index (κ1) is 24.6. The van der Waals surface area contributed by atoms with Gasteiger partial charge >= 0.3 is 6.09 Å². The fourth-order valence-electron chi connectivity index (χ4n) is 6.45. The molecular weight excluding hydrogens is 482 g/mol. The van der Waals surface area contributed by atoms with Crippen LogP contribution in [0.3, 0.4) is 0 Å². The largest absolute Gasteiger partial charge is 0.427 e. The minimum atomic E-state index is -1.42. The van der Waals surface area contributed by atoms with Crippen molar-refractivity contribution in [2.45, 2.75) is 57.2 Å². The minimum absolute atomic E-state index is 0.00123. The predicted molar refractivity (Wildman–Crippen MR) is 139 cm³/mol. The molecule has 38 heavy (non-hydrogen) atoms. The van der Waals surface area contributed by atoms with Gasteiger partial charge in [-0.15, -0.1) is 0 Å². The lowest BCUT2D eigenvalue weighted by atomic mass is 9.81. The van der Waals surface area contributed by atoms with Crippen LogP contribution in [-0.4, -0.2) is 64.2 Å². The molecule has 0 radical (unpaired) electrons. The summed E-state index contributed by atoms with van der Waals surface area (Å²) < 4.78 is 5.89. The molecule has 0 bridgehead atoms. The summed E-state index contributed by atoms with van der Waals surface area (Å²) in [6, 6.07) is 17.4. The second kappa shape index (κ2) is 9.26. The summed E-state index contributed by atoms with van der Waals surface area (Å²) in [5.74, 6) is -0.0478. The van der Waals surface area contributed by atoms with Crippen LogP contribution in [0.15, 0.2) is 54.6 Å². The lowest BCUT2D eigenvalue weighted by Gasteiger charge is -2.42. The molecule has 2 unspecified atom stereocenters. The highest BCUT2D eigenvalue weighted by Gasteiger charge is 2.62. The molecule has 3 fully saturated rings. The molecule has 2 aromatic rings. The molecule has 3 atom stereocenters. The number of fused-ring (bicyclic) bond motifs is 2. The molecule has 0 N–H and O–H groups in total. The van der Waals surface area contributed by atoms with Crippen molar-refractivity contribution in [1.82, 2.24) is 14.7 Å². The summed E-state index contributed by atoms with van der Waals surface area (Å²) in [6.45, 7) is 4.95. The van der Waals surface area contributed by atoms with Crippen molar-refractivity contribution < 1.29 is 23.9 Å². The maximum Gasteiger partial charge on any atom is 0.418 e. The molecule has 2 aliphatic heterocycles. The molecule has 2 saturated heterocycles. The third kappa shape index (κ3) is 4.06. The van der Waals surface area contributed by atoms with E-state index in [1.165, 1.54) is 0 Å². The molecule has 8 nitrogen and oxygen atoms in total. The van der Waals surface area contributed by atoms with Gasteiger partial charge < -0.3 is 14.5 Å². The maximum absolute atomic E-state index is 13.9. The van der Waals surface area contributed by atoms with Crippen molar-refractivity contribution in [1.29, 1.82) is 0 Å². The Hall–Kier alpha value is -3.68. The van der Waals surface area contributed by atoms with E-state index in [4.69, 9.17) is 4.74 Å². The number of hydrogen-bond donors (Lipinski definition) is 0. The predicted octanol–water partition coefficient (Wildman–Crippen LogP) is 3.65. The number of benzene rings is 2. The number of imide groups is 1. The van der Waals surface area contributed by atoms with E-state index in [1.54, 1.807) is 16.7 Å². The van der Waals surface area contributed by atoms with Crippen LogP contribution in [-0.2, 0) is 31.3 Å². The molecule has 2 heterocycles. The quantitative estimate of drug-likeness (QED) is 0.562. The number of carbonyl (C=O) groups excluding carboxylic acids is 4. The Bertz CT molecular complexity index is 1290. The van der Waals surface area contributed by atoms with Crippen LogP contribution in [0.25, 0.3) is 0 Å². The van der Waals surface area contributed by atoms with Crippen LogP contribution in [0, 0.1) is 11.8 Å². The van der Waals surface area contributed by atoms with Gasteiger partial charge in [0.15, 0.2) is 0 Å². The number of likely N-dealkylation sites (tertiary alicyclic amines) is 1. The van der Waals surface area contributed by atoms with Crippen molar-refractivity contribution in [3.8, 4) is 0 Å². The molecule has 4 amide bonds. The molecule has 4 aliphatic rings. The van der Waals surface area contributed by atoms with Crippen molar-refractivity contribution in [2.24, 2.45) is 11.8 Å². The Morgan fingerprint density at radius 2 is 1.74 bits per heavy atom. The summed E-state index contributed by atoms with van der Waals surface area (Å²) in [5, 5.41) is 0. The smallest absolute Gasteiger partial charge is 0.418 e. The number of amides is 4. The molecule has 2 aromatic carbocycles. The zero-order chi connectivity index (χ0) is 26.6. The zero-order valence-electron chi connectivity index (χ0n) is 21.8. The van der Waals surface area contributed by atoms with Crippen molar-refractivity contribution in [2.75, 3.05) is 19.6 Å². The highest BCUT2D eigenvalue weighted by molar-refractivity contribution is 6.06. The van der Waals surface area contributed by atoms with Gasteiger partial charge in [-0.05, 0) is 42.7 Å². The third-order valence-electron chi connectivity index (χ3n) is 8.90. The van der Waals surface area contributed by atoms with Crippen LogP contribution in [0.5, 0.6) is 0 Å². The average Bonchev–Trinajstić information content (AvgIpc) is 3.65. The van der Waals surface area contributed by atoms with Crippen molar-refractivity contribution in [3.05, 3.63) is 71.3 Å². The zero-order valence-corrected chi connectivity index (χ0v) is 21.8. The molecule has 1 saturated carbocycles. The van der Waals surface area contributed by atoms with E-state index in [9.17, 15) is 19.2 Å². The van der Waals surface area contributed by atoms with E-state index in [-0.39, 0.29) is 36.2 Å². The molecule has 0 aromatic heterocycles. The van der Waals surface area contributed by atoms with Gasteiger partial charge in [0.05, 0.1) is 0 Å². The van der Waals surface area contributed by atoms with Gasteiger partial charge in [0.2, 0.25) is 17.4 Å². The number of ether oxygens (including phenoxy) is 1. The Kier molecular flexibility index (Phi) is 6.00. The van der Waals surface area contributed by atoms with Crippen LogP contribution in [0.1, 0.15) is 55.7 Å². The van der Waals surface area contributed by atoms with Gasteiger partial charge in [-0.2, -0.15) is 0 Å². The number of rotatable bonds is 7. The first-order chi connectivity index (χ1) is 18.3. The summed E-state index contributed by atoms with van der Waals surface area (Å²) in [6.07, 6.45) is 1.73. The summed E-state index contributed by atoms with van der Waals surface area (Å²) in [7, 11) is 0. The van der Waals surface area contributed by atoms with Gasteiger partial charge in [0, 0.05) is 50.5 Å². The Labute approximate surface area is 222 Å². The van der Waals surface area contributed by atoms with E-state index < -0.39 is 17.6 Å². The van der Waals surface area contributed by atoms with E-state index in [2.05, 4.69) is 0 Å². The maximum atomic E-state index is 13.9. The topological polar surface area (TPSA) is 87.2 Å². The highest BCUT2D eigenvalue weighted by atomic mass is 16.6. The standard InChI is InChI=1S/C30H33N3O5/c1-19(22-12-13-22)32(15-21-8-4-3-5-9-21)27(35)18-33-28(36)30(38-29(33)37)14-25(23-16-31(17-23)20(2)34)24-10-6-7-11-26(24)30/h3-11,19,22-23,25H,12-18H2,1-2H3/t19?,25?,30-/m1/s1.